The number of nitrogens with zero attached hydrogens (tertiary/aromatic N) is 3. The molecule has 0 aromatic heterocycles. The van der Waals surface area contributed by atoms with E-state index < -0.39 is 17.4 Å². The number of carboxylic acid groups (broad SMARTS) is 2. The Morgan fingerprint density at radius 3 is 1.57 bits per heavy atom. The molecule has 3 amide bonds. The van der Waals surface area contributed by atoms with E-state index in [1.165, 1.54) is 33.4 Å². The third-order valence-electron chi connectivity index (χ3n) is 15.5. The molecule has 1 aliphatic carbocycles. The van der Waals surface area contributed by atoms with Gasteiger partial charge >= 0.3 is 18.0 Å². The first-order valence-corrected chi connectivity index (χ1v) is 30.3. The van der Waals surface area contributed by atoms with Crippen LogP contribution in [0.5, 0.6) is 5.75 Å². The first-order valence-electron chi connectivity index (χ1n) is 30.3. The summed E-state index contributed by atoms with van der Waals surface area (Å²) in [6, 6.07) is 47.8. The molecule has 1 saturated carbocycles. The zero-order valence-electron chi connectivity index (χ0n) is 52.5. The van der Waals surface area contributed by atoms with Crippen LogP contribution in [-0.4, -0.2) is 75.3 Å². The number of benzene rings is 6. The molecule has 0 spiro atoms. The normalized spacial score (nSPS) is 13.1. The molecule has 3 N–H and O–H groups in total. The standard InChI is InChI=1S/C26H32N2O3.C23H26N2O4.2C12H18/c1-4-28(24(29)18(2)3)23(27)13-6-9-19-8-5-10-20(16-19)21-11-7-12-22(17-21)26(14-15-26)25(30)31;1-3-25-21(24-23(25)28)10-6-8-16-7-5-9-17(13-16)18-11-12-20(29-4-2)19(14-18)15-22(26)27;2*1-5-10-6-8-11(9-7-10)12(2,3)4/h5,7-8,10-12,16-18,27H,4,6,9,13-15H2,1-3H3,(H,30,31);5,7,9,11-14H,3-4,6,8,10,15H2,1-2H3,(H,26,27);2*6-9H,5H2,1-4H3. The van der Waals surface area contributed by atoms with Crippen LogP contribution in [0.15, 0.2) is 145 Å². The number of rotatable bonds is 21. The number of hydrogen-bond donors (Lipinski definition) is 3. The number of carboxylic acids is 2. The highest BCUT2D eigenvalue weighted by Crippen LogP contribution is 2.49. The predicted molar refractivity (Wildman–Crippen MR) is 345 cm³/mol. The third kappa shape index (κ3) is 19.5. The molecule has 6 aromatic carbocycles. The first-order chi connectivity index (χ1) is 39.9. The van der Waals surface area contributed by atoms with E-state index in [9.17, 15) is 29.4 Å². The van der Waals surface area contributed by atoms with Gasteiger partial charge in [0.15, 0.2) is 0 Å². The maximum absolute atomic E-state index is 12.2. The van der Waals surface area contributed by atoms with Crippen molar-refractivity contribution in [3.8, 4) is 28.0 Å². The number of amides is 3. The minimum absolute atomic E-state index is 0.00387. The van der Waals surface area contributed by atoms with Crippen LogP contribution < -0.4 is 4.74 Å². The fraction of sp³-hybridized carbons (Fsp3) is 0.425. The Morgan fingerprint density at radius 1 is 0.643 bits per heavy atom. The molecule has 11 nitrogen and oxygen atoms in total. The number of aliphatic carboxylic acids is 2. The van der Waals surface area contributed by atoms with Crippen molar-refractivity contribution >= 4 is 35.5 Å². The molecular weight excluding hydrogens is 1040 g/mol. The van der Waals surface area contributed by atoms with Crippen molar-refractivity contribution in [2.45, 2.75) is 177 Å². The summed E-state index contributed by atoms with van der Waals surface area (Å²) in [6.07, 6.45) is 8.36. The van der Waals surface area contributed by atoms with Gasteiger partial charge in [0.05, 0.1) is 18.4 Å². The Kier molecular flexibility index (Phi) is 25.0. The molecule has 11 heteroatoms. The van der Waals surface area contributed by atoms with Crippen molar-refractivity contribution in [2.75, 3.05) is 19.7 Å². The molecule has 1 fully saturated rings. The smallest absolute Gasteiger partial charge is 0.350 e. The fourth-order valence-electron chi connectivity index (χ4n) is 10.0. The van der Waals surface area contributed by atoms with Crippen molar-refractivity contribution < 1.29 is 34.1 Å². The van der Waals surface area contributed by atoms with E-state index in [-0.39, 0.29) is 35.1 Å². The van der Waals surface area contributed by atoms with Crippen molar-refractivity contribution in [3.63, 3.8) is 0 Å². The quantitative estimate of drug-likeness (QED) is 0.0478. The highest BCUT2D eigenvalue weighted by Gasteiger charge is 2.51. The topological polar surface area (TPSA) is 161 Å². The molecule has 1 heterocycles. The Bertz CT molecular complexity index is 3120. The lowest BCUT2D eigenvalue weighted by atomic mass is 9.86. The van der Waals surface area contributed by atoms with Gasteiger partial charge in [-0.25, -0.2) is 4.79 Å². The average Bonchev–Trinajstić information content (AvgIpc) is 2.51. The predicted octanol–water partition coefficient (Wildman–Crippen LogP) is 16.9. The highest BCUT2D eigenvalue weighted by atomic mass is 16.5. The summed E-state index contributed by atoms with van der Waals surface area (Å²) < 4.78 is 5.57. The lowest BCUT2D eigenvalue weighted by Gasteiger charge is -2.27. The largest absolute Gasteiger partial charge is 0.494 e. The summed E-state index contributed by atoms with van der Waals surface area (Å²) in [5.74, 6) is 0.152. The van der Waals surface area contributed by atoms with Gasteiger partial charge in [-0.3, -0.25) is 24.7 Å². The van der Waals surface area contributed by atoms with Gasteiger partial charge in [0.25, 0.3) is 0 Å². The number of amidine groups is 2. The Labute approximate surface area is 502 Å². The molecule has 0 saturated heterocycles. The third-order valence-corrected chi connectivity index (χ3v) is 15.5. The van der Waals surface area contributed by atoms with Gasteiger partial charge in [-0.15, -0.1) is 0 Å². The summed E-state index contributed by atoms with van der Waals surface area (Å²) in [7, 11) is 0. The number of hydrogen-bond acceptors (Lipinski definition) is 6. The SMILES string of the molecule is CCN(C(=N)CCCc1cccc(-c2cccc(C3(C(=O)O)CC3)c2)c1)C(=O)C(C)C.CCOc1ccc(-c2cccc(CCCC3=NC(=O)N3CC)c2)cc1CC(=O)O.CCc1ccc(C(C)(C)C)cc1.CCc1ccc(C(C)(C)C)cc1. The van der Waals surface area contributed by atoms with Crippen LogP contribution >= 0.6 is 0 Å². The zero-order valence-corrected chi connectivity index (χ0v) is 52.5. The van der Waals surface area contributed by atoms with Crippen LogP contribution in [0.3, 0.4) is 0 Å². The second kappa shape index (κ2) is 31.3. The van der Waals surface area contributed by atoms with E-state index in [0.29, 0.717) is 56.1 Å². The molecule has 0 atom stereocenters. The number of carbonyl (C=O) groups is 4. The minimum Gasteiger partial charge on any atom is -0.494 e. The molecule has 6 aromatic rings. The monoisotopic (exact) mass is 1140 g/mol. The summed E-state index contributed by atoms with van der Waals surface area (Å²) in [6.45, 7) is 29.0. The van der Waals surface area contributed by atoms with Gasteiger partial charge in [0, 0.05) is 37.4 Å². The van der Waals surface area contributed by atoms with Crippen LogP contribution in [0.25, 0.3) is 22.3 Å². The molecule has 2 aliphatic rings. The Hall–Kier alpha value is -7.66. The van der Waals surface area contributed by atoms with E-state index in [0.717, 1.165) is 78.6 Å². The van der Waals surface area contributed by atoms with Crippen molar-refractivity contribution in [3.05, 3.63) is 184 Å². The number of urea groups is 1. The number of aliphatic imine (C=N–C) groups is 1. The summed E-state index contributed by atoms with van der Waals surface area (Å²) >= 11 is 0. The van der Waals surface area contributed by atoms with E-state index in [1.807, 2.05) is 101 Å². The molecule has 0 bridgehead atoms. The molecule has 448 valence electrons. The van der Waals surface area contributed by atoms with Crippen molar-refractivity contribution in [1.82, 2.24) is 9.80 Å². The summed E-state index contributed by atoms with van der Waals surface area (Å²) in [4.78, 5) is 53.7. The molecule has 1 aliphatic heterocycles. The molecule has 84 heavy (non-hydrogen) atoms. The maximum atomic E-state index is 12.2. The summed E-state index contributed by atoms with van der Waals surface area (Å²) in [5, 5.41) is 27.1. The maximum Gasteiger partial charge on any atom is 0.350 e. The van der Waals surface area contributed by atoms with E-state index in [2.05, 4.69) is 133 Å². The van der Waals surface area contributed by atoms with Crippen LogP contribution in [0.2, 0.25) is 0 Å². The molecule has 0 unspecified atom stereocenters. The van der Waals surface area contributed by atoms with Gasteiger partial charge in [-0.05, 0) is 156 Å². The van der Waals surface area contributed by atoms with Crippen LogP contribution in [0.4, 0.5) is 4.79 Å². The molecule has 8 rings (SSSR count). The number of nitrogens with one attached hydrogen (secondary N) is 1. The van der Waals surface area contributed by atoms with Crippen molar-refractivity contribution in [2.24, 2.45) is 10.9 Å². The average molecular weight is 1140 g/mol. The second-order valence-electron chi connectivity index (χ2n) is 24.2. The Balaban J connectivity index is 0.000000223. The zero-order chi connectivity index (χ0) is 61.8. The number of carbonyl (C=O) groups excluding carboxylic acids is 2. The van der Waals surface area contributed by atoms with Crippen LogP contribution in [0, 0.1) is 11.3 Å². The Morgan fingerprint density at radius 2 is 1.14 bits per heavy atom. The molecular formula is C73H94N4O7. The van der Waals surface area contributed by atoms with Gasteiger partial charge < -0.3 is 19.8 Å². The van der Waals surface area contributed by atoms with Gasteiger partial charge in [-0.2, -0.15) is 4.99 Å². The van der Waals surface area contributed by atoms with Gasteiger partial charge in [0.2, 0.25) is 5.91 Å². The number of aryl methyl sites for hydroxylation is 4. The molecule has 0 radical (unpaired) electrons. The highest BCUT2D eigenvalue weighted by molar-refractivity contribution is 6.11. The number of ether oxygens (including phenoxy) is 1. The summed E-state index contributed by atoms with van der Waals surface area (Å²) in [5.41, 5.74) is 13.6. The fourth-order valence-corrected chi connectivity index (χ4v) is 10.0. The van der Waals surface area contributed by atoms with Crippen molar-refractivity contribution in [1.29, 1.82) is 5.41 Å². The van der Waals surface area contributed by atoms with E-state index in [1.54, 1.807) is 9.80 Å². The van der Waals surface area contributed by atoms with Crippen LogP contribution in [-0.2, 0) is 62.7 Å². The van der Waals surface area contributed by atoms with Gasteiger partial charge in [0.1, 0.15) is 17.4 Å². The second-order valence-corrected chi connectivity index (χ2v) is 24.2. The van der Waals surface area contributed by atoms with E-state index >= 15 is 0 Å². The van der Waals surface area contributed by atoms with Gasteiger partial charge in [-0.1, -0.05) is 197 Å². The lowest BCUT2D eigenvalue weighted by Crippen LogP contribution is -2.43. The first kappa shape index (κ1) is 67.1. The lowest BCUT2D eigenvalue weighted by molar-refractivity contribution is -0.140. The van der Waals surface area contributed by atoms with E-state index in [4.69, 9.17) is 10.1 Å². The minimum atomic E-state index is -0.879. The van der Waals surface area contributed by atoms with Crippen LogP contribution in [0.1, 0.15) is 173 Å².